The molecule has 5 nitrogen and oxygen atoms in total. The van der Waals surface area contributed by atoms with Gasteiger partial charge in [-0.1, -0.05) is 30.3 Å². The van der Waals surface area contributed by atoms with E-state index in [-0.39, 0.29) is 11.3 Å². The molecule has 0 aromatic heterocycles. The third-order valence-corrected chi connectivity index (χ3v) is 5.20. The molecule has 3 rings (SSSR count). The van der Waals surface area contributed by atoms with Gasteiger partial charge in [0.1, 0.15) is 6.04 Å². The number of aliphatic carboxylic acids is 1. The first-order valence-electron chi connectivity index (χ1n) is 9.15. The standard InChI is InChI=1S/C21H22F3NO4/c1-28-17-11-5-8-14(19(17)29-2)18(25-12-6-10-16(25)20(26)27)13-7-3-4-9-15(13)21(22,23)24/h3-5,7-9,11,16,18H,6,10,12H2,1-2H3,(H,26,27). The summed E-state index contributed by atoms with van der Waals surface area (Å²) < 4.78 is 52.2. The number of rotatable bonds is 6. The lowest BCUT2D eigenvalue weighted by Gasteiger charge is -2.34. The van der Waals surface area contributed by atoms with Gasteiger partial charge in [-0.05, 0) is 30.5 Å². The van der Waals surface area contributed by atoms with Crippen molar-refractivity contribution in [1.29, 1.82) is 0 Å². The van der Waals surface area contributed by atoms with Gasteiger partial charge >= 0.3 is 12.1 Å². The van der Waals surface area contributed by atoms with Crippen molar-refractivity contribution in [2.75, 3.05) is 20.8 Å². The van der Waals surface area contributed by atoms with Gasteiger partial charge in [-0.2, -0.15) is 13.2 Å². The number of likely N-dealkylation sites (tertiary alicyclic amines) is 1. The molecule has 1 fully saturated rings. The minimum Gasteiger partial charge on any atom is -0.493 e. The smallest absolute Gasteiger partial charge is 0.416 e. The molecule has 0 spiro atoms. The van der Waals surface area contributed by atoms with Crippen LogP contribution < -0.4 is 9.47 Å². The Morgan fingerprint density at radius 1 is 1.10 bits per heavy atom. The Morgan fingerprint density at radius 3 is 2.41 bits per heavy atom. The van der Waals surface area contributed by atoms with E-state index in [1.54, 1.807) is 23.1 Å². The Bertz CT molecular complexity index is 884. The average molecular weight is 409 g/mol. The third kappa shape index (κ3) is 4.03. The van der Waals surface area contributed by atoms with E-state index < -0.39 is 29.8 Å². The lowest BCUT2D eigenvalue weighted by molar-refractivity contribution is -0.143. The predicted octanol–water partition coefficient (Wildman–Crippen LogP) is 4.36. The number of para-hydroxylation sites is 1. The number of alkyl halides is 3. The maximum absolute atomic E-state index is 13.8. The van der Waals surface area contributed by atoms with Crippen molar-refractivity contribution in [1.82, 2.24) is 4.90 Å². The molecular weight excluding hydrogens is 387 g/mol. The second kappa shape index (κ2) is 8.32. The van der Waals surface area contributed by atoms with Gasteiger partial charge in [0.05, 0.1) is 25.8 Å². The Balaban J connectivity index is 2.27. The first kappa shape index (κ1) is 21.0. The van der Waals surface area contributed by atoms with Crippen LogP contribution in [-0.4, -0.2) is 42.8 Å². The van der Waals surface area contributed by atoms with E-state index in [2.05, 4.69) is 0 Å². The topological polar surface area (TPSA) is 59.0 Å². The van der Waals surface area contributed by atoms with Gasteiger partial charge in [0.2, 0.25) is 0 Å². The summed E-state index contributed by atoms with van der Waals surface area (Å²) in [7, 11) is 2.85. The fraction of sp³-hybridized carbons (Fsp3) is 0.381. The van der Waals surface area contributed by atoms with E-state index >= 15 is 0 Å². The molecule has 0 saturated carbocycles. The molecule has 2 aromatic rings. The Hall–Kier alpha value is -2.74. The van der Waals surface area contributed by atoms with Crippen molar-refractivity contribution in [2.45, 2.75) is 31.1 Å². The van der Waals surface area contributed by atoms with Gasteiger partial charge in [0.25, 0.3) is 0 Å². The molecule has 2 aromatic carbocycles. The summed E-state index contributed by atoms with van der Waals surface area (Å²) in [5.74, 6) is -0.405. The van der Waals surface area contributed by atoms with Crippen LogP contribution in [0.4, 0.5) is 13.2 Å². The number of carboxylic acid groups (broad SMARTS) is 1. The highest BCUT2D eigenvalue weighted by Crippen LogP contribution is 2.46. The fourth-order valence-electron chi connectivity index (χ4n) is 4.01. The van der Waals surface area contributed by atoms with Gasteiger partial charge in [-0.15, -0.1) is 0 Å². The summed E-state index contributed by atoms with van der Waals surface area (Å²) in [6.45, 7) is 0.355. The second-order valence-electron chi connectivity index (χ2n) is 6.80. The molecule has 0 aliphatic carbocycles. The normalized spacial score (nSPS) is 18.4. The number of carbonyl (C=O) groups is 1. The van der Waals surface area contributed by atoms with Crippen molar-refractivity contribution in [2.24, 2.45) is 0 Å². The van der Waals surface area contributed by atoms with Gasteiger partial charge in [-0.3, -0.25) is 9.69 Å². The number of methoxy groups -OCH3 is 2. The molecule has 1 aliphatic rings. The predicted molar refractivity (Wildman–Crippen MR) is 100 cm³/mol. The van der Waals surface area contributed by atoms with Gasteiger partial charge in [-0.25, -0.2) is 0 Å². The Labute approximate surface area is 166 Å². The second-order valence-corrected chi connectivity index (χ2v) is 6.80. The zero-order valence-electron chi connectivity index (χ0n) is 16.1. The first-order valence-corrected chi connectivity index (χ1v) is 9.15. The van der Waals surface area contributed by atoms with Crippen LogP contribution >= 0.6 is 0 Å². The largest absolute Gasteiger partial charge is 0.493 e. The van der Waals surface area contributed by atoms with Crippen molar-refractivity contribution in [3.63, 3.8) is 0 Å². The summed E-state index contributed by atoms with van der Waals surface area (Å²) in [6.07, 6.45) is -3.64. The van der Waals surface area contributed by atoms with Crippen LogP contribution in [0.1, 0.15) is 35.6 Å². The zero-order chi connectivity index (χ0) is 21.2. The van der Waals surface area contributed by atoms with Gasteiger partial charge in [0, 0.05) is 12.1 Å². The van der Waals surface area contributed by atoms with Crippen LogP contribution in [0.3, 0.4) is 0 Å². The van der Waals surface area contributed by atoms with E-state index in [1.807, 2.05) is 0 Å². The molecule has 156 valence electrons. The van der Waals surface area contributed by atoms with Crippen molar-refractivity contribution >= 4 is 5.97 Å². The maximum atomic E-state index is 13.8. The summed E-state index contributed by atoms with van der Waals surface area (Å²) in [4.78, 5) is 13.4. The van der Waals surface area contributed by atoms with Crippen LogP contribution in [0.15, 0.2) is 42.5 Å². The first-order chi connectivity index (χ1) is 13.8. The molecule has 2 unspecified atom stereocenters. The summed E-state index contributed by atoms with van der Waals surface area (Å²) in [5.41, 5.74) is -0.387. The Morgan fingerprint density at radius 2 is 1.79 bits per heavy atom. The molecule has 1 N–H and O–H groups in total. The van der Waals surface area contributed by atoms with E-state index in [0.717, 1.165) is 6.07 Å². The number of ether oxygens (including phenoxy) is 2. The fourth-order valence-corrected chi connectivity index (χ4v) is 4.01. The molecule has 29 heavy (non-hydrogen) atoms. The molecule has 0 amide bonds. The lowest BCUT2D eigenvalue weighted by Crippen LogP contribution is -2.40. The van der Waals surface area contributed by atoms with Crippen LogP contribution in [0, 0.1) is 0 Å². The highest BCUT2D eigenvalue weighted by Gasteiger charge is 2.42. The SMILES string of the molecule is COc1cccc(C(c2ccccc2C(F)(F)F)N2CCCC2C(=O)O)c1OC. The molecule has 1 saturated heterocycles. The van der Waals surface area contributed by atoms with E-state index in [4.69, 9.17) is 9.47 Å². The monoisotopic (exact) mass is 409 g/mol. The van der Waals surface area contributed by atoms with Gasteiger partial charge in [0.15, 0.2) is 11.5 Å². The summed E-state index contributed by atoms with van der Waals surface area (Å²) >= 11 is 0. The van der Waals surface area contributed by atoms with E-state index in [9.17, 15) is 23.1 Å². The van der Waals surface area contributed by atoms with Crippen molar-refractivity contribution < 1.29 is 32.5 Å². The minimum atomic E-state index is -4.58. The zero-order valence-corrected chi connectivity index (χ0v) is 16.1. The molecule has 2 atom stereocenters. The maximum Gasteiger partial charge on any atom is 0.416 e. The lowest BCUT2D eigenvalue weighted by atomic mass is 9.91. The summed E-state index contributed by atoms with van der Waals surface area (Å²) in [5, 5.41) is 9.66. The number of carboxylic acids is 1. The number of hydrogen-bond donors (Lipinski definition) is 1. The van der Waals surface area contributed by atoms with Crippen LogP contribution in [0.2, 0.25) is 0 Å². The Kier molecular flexibility index (Phi) is 6.02. The molecule has 0 radical (unpaired) electrons. The molecular formula is C21H22F3NO4. The molecule has 0 bridgehead atoms. The number of halogens is 3. The van der Waals surface area contributed by atoms with Crippen LogP contribution in [-0.2, 0) is 11.0 Å². The van der Waals surface area contributed by atoms with Crippen molar-refractivity contribution in [3.05, 3.63) is 59.2 Å². The molecule has 1 aliphatic heterocycles. The molecule has 8 heteroatoms. The van der Waals surface area contributed by atoms with E-state index in [1.165, 1.54) is 32.4 Å². The van der Waals surface area contributed by atoms with Crippen LogP contribution in [0.5, 0.6) is 11.5 Å². The van der Waals surface area contributed by atoms with E-state index in [0.29, 0.717) is 30.7 Å². The highest BCUT2D eigenvalue weighted by molar-refractivity contribution is 5.74. The quantitative estimate of drug-likeness (QED) is 0.768. The minimum absolute atomic E-state index is 0.0142. The van der Waals surface area contributed by atoms with Crippen LogP contribution in [0.25, 0.3) is 0 Å². The number of benzene rings is 2. The van der Waals surface area contributed by atoms with Crippen molar-refractivity contribution in [3.8, 4) is 11.5 Å². The third-order valence-electron chi connectivity index (χ3n) is 5.20. The van der Waals surface area contributed by atoms with Gasteiger partial charge < -0.3 is 14.6 Å². The molecule has 1 heterocycles. The number of nitrogens with zero attached hydrogens (tertiary/aromatic N) is 1. The average Bonchev–Trinajstić information content (AvgIpc) is 3.17. The highest BCUT2D eigenvalue weighted by atomic mass is 19.4. The number of hydrogen-bond acceptors (Lipinski definition) is 4. The summed E-state index contributed by atoms with van der Waals surface area (Å²) in [6, 6.07) is 8.36.